The molecule has 2 heterocycles. The Morgan fingerprint density at radius 3 is 2.59 bits per heavy atom. The Labute approximate surface area is 168 Å². The van der Waals surface area contributed by atoms with Gasteiger partial charge in [0, 0.05) is 29.7 Å². The molecule has 7 nitrogen and oxygen atoms in total. The largest absolute Gasteiger partial charge is 0.497 e. The van der Waals surface area contributed by atoms with Crippen LogP contribution in [0, 0.1) is 0 Å². The fraction of sp³-hybridized carbons (Fsp3) is 0.136. The van der Waals surface area contributed by atoms with E-state index in [9.17, 15) is 4.79 Å². The molecule has 0 fully saturated rings. The van der Waals surface area contributed by atoms with Gasteiger partial charge in [-0.1, -0.05) is 6.07 Å². The first kappa shape index (κ1) is 18.5. The van der Waals surface area contributed by atoms with E-state index in [-0.39, 0.29) is 11.9 Å². The Bertz CT molecular complexity index is 1100. The molecule has 0 unspecified atom stereocenters. The van der Waals surface area contributed by atoms with Crippen LogP contribution in [0.15, 0.2) is 79.4 Å². The molecule has 2 aromatic heterocycles. The van der Waals surface area contributed by atoms with E-state index in [0.717, 1.165) is 22.7 Å². The topological polar surface area (TPSA) is 74.0 Å². The van der Waals surface area contributed by atoms with Gasteiger partial charge in [-0.2, -0.15) is 10.2 Å². The molecule has 0 saturated carbocycles. The van der Waals surface area contributed by atoms with Crippen LogP contribution in [0.1, 0.15) is 28.9 Å². The van der Waals surface area contributed by atoms with Crippen LogP contribution < -0.4 is 10.1 Å². The van der Waals surface area contributed by atoms with Gasteiger partial charge >= 0.3 is 0 Å². The van der Waals surface area contributed by atoms with Gasteiger partial charge in [-0.15, -0.1) is 0 Å². The number of ether oxygens (including phenoxy) is 1. The average Bonchev–Trinajstić information content (AvgIpc) is 3.46. The van der Waals surface area contributed by atoms with Crippen molar-refractivity contribution in [3.63, 3.8) is 0 Å². The van der Waals surface area contributed by atoms with Crippen molar-refractivity contribution in [3.05, 3.63) is 90.5 Å². The number of nitrogens with zero attached hydrogens (tertiary/aromatic N) is 4. The molecule has 0 aliphatic heterocycles. The van der Waals surface area contributed by atoms with Crippen LogP contribution in [0.4, 0.5) is 0 Å². The highest BCUT2D eigenvalue weighted by atomic mass is 16.5. The van der Waals surface area contributed by atoms with E-state index in [1.807, 2.05) is 67.8 Å². The summed E-state index contributed by atoms with van der Waals surface area (Å²) in [5, 5.41) is 11.6. The van der Waals surface area contributed by atoms with Crippen LogP contribution in [-0.4, -0.2) is 32.6 Å². The molecule has 0 aliphatic rings. The molecule has 146 valence electrons. The summed E-state index contributed by atoms with van der Waals surface area (Å²) in [6, 6.07) is 16.6. The highest BCUT2D eigenvalue weighted by molar-refractivity contribution is 5.95. The molecule has 0 bridgehead atoms. The lowest BCUT2D eigenvalue weighted by atomic mass is 10.1. The minimum Gasteiger partial charge on any atom is -0.497 e. The monoisotopic (exact) mass is 387 g/mol. The molecule has 0 radical (unpaired) electrons. The zero-order chi connectivity index (χ0) is 20.2. The van der Waals surface area contributed by atoms with Crippen LogP contribution in [0.25, 0.3) is 11.4 Å². The molecule has 4 rings (SSSR count). The van der Waals surface area contributed by atoms with E-state index in [4.69, 9.17) is 4.74 Å². The third-order valence-electron chi connectivity index (χ3n) is 4.66. The van der Waals surface area contributed by atoms with E-state index < -0.39 is 0 Å². The first-order chi connectivity index (χ1) is 14.1. The summed E-state index contributed by atoms with van der Waals surface area (Å²) in [6.45, 7) is 1.94. The van der Waals surface area contributed by atoms with E-state index in [0.29, 0.717) is 5.56 Å². The molecule has 4 aromatic rings. The smallest absolute Gasteiger partial charge is 0.251 e. The Hall–Kier alpha value is -3.87. The van der Waals surface area contributed by atoms with E-state index in [2.05, 4.69) is 15.5 Å². The van der Waals surface area contributed by atoms with Crippen molar-refractivity contribution < 1.29 is 9.53 Å². The van der Waals surface area contributed by atoms with Crippen LogP contribution in [-0.2, 0) is 0 Å². The molecule has 2 aromatic carbocycles. The SMILES string of the molecule is COc1ccc(-n2cc([C@H](C)NC(=O)c3cccc(-n4cccn4)c3)cn2)cc1. The lowest BCUT2D eigenvalue weighted by Gasteiger charge is -2.13. The van der Waals surface area contributed by atoms with E-state index in [1.54, 1.807) is 34.9 Å². The standard InChI is InChI=1S/C22H21N5O2/c1-16(18-14-24-27(15-18)19-7-9-21(29-2)10-8-19)25-22(28)17-5-3-6-20(13-17)26-12-4-11-23-26/h3-16H,1-2H3,(H,25,28)/t16-/m0/s1. The fourth-order valence-electron chi connectivity index (χ4n) is 3.01. The number of carbonyl (C=O) groups is 1. The highest BCUT2D eigenvalue weighted by Crippen LogP contribution is 2.18. The van der Waals surface area contributed by atoms with Gasteiger partial charge in [0.1, 0.15) is 5.75 Å². The summed E-state index contributed by atoms with van der Waals surface area (Å²) < 4.78 is 8.68. The lowest BCUT2D eigenvalue weighted by molar-refractivity contribution is 0.0940. The van der Waals surface area contributed by atoms with Gasteiger partial charge in [0.2, 0.25) is 0 Å². The predicted molar refractivity (Wildman–Crippen MR) is 110 cm³/mol. The Kier molecular flexibility index (Phi) is 5.11. The van der Waals surface area contributed by atoms with Crippen LogP contribution >= 0.6 is 0 Å². The normalized spacial score (nSPS) is 11.8. The summed E-state index contributed by atoms with van der Waals surface area (Å²) in [5.74, 6) is 0.641. The molecule has 29 heavy (non-hydrogen) atoms. The first-order valence-electron chi connectivity index (χ1n) is 9.24. The highest BCUT2D eigenvalue weighted by Gasteiger charge is 2.14. The number of rotatable bonds is 6. The van der Waals surface area contributed by atoms with E-state index >= 15 is 0 Å². The minimum atomic E-state index is -0.192. The fourth-order valence-corrected chi connectivity index (χ4v) is 3.01. The third kappa shape index (κ3) is 4.03. The molecule has 7 heteroatoms. The molecule has 1 amide bonds. The van der Waals surface area contributed by atoms with Gasteiger partial charge in [0.15, 0.2) is 0 Å². The summed E-state index contributed by atoms with van der Waals surface area (Å²) in [5.41, 5.74) is 3.25. The van der Waals surface area contributed by atoms with Gasteiger partial charge < -0.3 is 10.1 Å². The molecular formula is C22H21N5O2. The van der Waals surface area contributed by atoms with Gasteiger partial charge in [-0.3, -0.25) is 4.79 Å². The van der Waals surface area contributed by atoms with Crippen molar-refractivity contribution in [1.82, 2.24) is 24.9 Å². The van der Waals surface area contributed by atoms with Crippen LogP contribution in [0.5, 0.6) is 5.75 Å². The molecule has 0 spiro atoms. The number of nitrogens with one attached hydrogen (secondary N) is 1. The van der Waals surface area contributed by atoms with Gasteiger partial charge in [0.05, 0.1) is 30.7 Å². The van der Waals surface area contributed by atoms with Gasteiger partial charge in [-0.25, -0.2) is 9.36 Å². The van der Waals surface area contributed by atoms with Crippen molar-refractivity contribution in [2.75, 3.05) is 7.11 Å². The number of hydrogen-bond acceptors (Lipinski definition) is 4. The summed E-state index contributed by atoms with van der Waals surface area (Å²) in [4.78, 5) is 12.7. The van der Waals surface area contributed by atoms with Crippen molar-refractivity contribution in [2.24, 2.45) is 0 Å². The van der Waals surface area contributed by atoms with Crippen molar-refractivity contribution in [3.8, 4) is 17.1 Å². The second kappa shape index (κ2) is 8.02. The van der Waals surface area contributed by atoms with Gasteiger partial charge in [-0.05, 0) is 55.5 Å². The zero-order valence-electron chi connectivity index (χ0n) is 16.2. The summed E-state index contributed by atoms with van der Waals surface area (Å²) in [7, 11) is 1.64. The zero-order valence-corrected chi connectivity index (χ0v) is 16.2. The Morgan fingerprint density at radius 1 is 1.03 bits per heavy atom. The van der Waals surface area contributed by atoms with Crippen LogP contribution in [0.2, 0.25) is 0 Å². The third-order valence-corrected chi connectivity index (χ3v) is 4.66. The summed E-state index contributed by atoms with van der Waals surface area (Å²) in [6.07, 6.45) is 7.21. The second-order valence-corrected chi connectivity index (χ2v) is 6.61. The maximum atomic E-state index is 12.7. The number of methoxy groups -OCH3 is 1. The quantitative estimate of drug-likeness (QED) is 0.549. The molecule has 0 aliphatic carbocycles. The average molecular weight is 387 g/mol. The maximum absolute atomic E-state index is 12.7. The molecule has 1 N–H and O–H groups in total. The molecule has 1 atom stereocenters. The molecular weight excluding hydrogens is 366 g/mol. The van der Waals surface area contributed by atoms with Crippen molar-refractivity contribution >= 4 is 5.91 Å². The predicted octanol–water partition coefficient (Wildman–Crippen LogP) is 3.56. The number of carbonyl (C=O) groups excluding carboxylic acids is 1. The maximum Gasteiger partial charge on any atom is 0.251 e. The number of benzene rings is 2. The van der Waals surface area contributed by atoms with Crippen molar-refractivity contribution in [2.45, 2.75) is 13.0 Å². The lowest BCUT2D eigenvalue weighted by Crippen LogP contribution is -2.26. The summed E-state index contributed by atoms with van der Waals surface area (Å²) >= 11 is 0. The van der Waals surface area contributed by atoms with Gasteiger partial charge in [0.25, 0.3) is 5.91 Å². The van der Waals surface area contributed by atoms with Crippen LogP contribution in [0.3, 0.4) is 0 Å². The number of hydrogen-bond donors (Lipinski definition) is 1. The number of amides is 1. The number of aromatic nitrogens is 4. The second-order valence-electron chi connectivity index (χ2n) is 6.61. The first-order valence-corrected chi connectivity index (χ1v) is 9.24. The van der Waals surface area contributed by atoms with E-state index in [1.165, 1.54) is 0 Å². The Morgan fingerprint density at radius 2 is 1.86 bits per heavy atom. The van der Waals surface area contributed by atoms with Crippen molar-refractivity contribution in [1.29, 1.82) is 0 Å². The Balaban J connectivity index is 1.47. The minimum absolute atomic E-state index is 0.149. The molecule has 0 saturated heterocycles.